The Morgan fingerprint density at radius 1 is 0.878 bits per heavy atom. The lowest BCUT2D eigenvalue weighted by atomic mass is 10.1. The van der Waals surface area contributed by atoms with Crippen LogP contribution < -0.4 is 34.1 Å². The minimum absolute atomic E-state index is 0.0176. The first-order valence-electron chi connectivity index (χ1n) is 13.7. The third kappa shape index (κ3) is 8.88. The van der Waals surface area contributed by atoms with Crippen LogP contribution >= 0.6 is 7.82 Å². The standard InChI is InChI=1S/C10H14N5O8P.C9H13N3O5.C4H5N3O/c11-10-13-7-4(8(18)14-10)12-2-15(7)9-6(17)5(16)3(23-9)1-22-24(19,20)21;10-5-1-2-12(9(16)11-5)8-7(15)6(14)4(3-13)17-8;5-3-1-2-6-4(8)7-3/h2-3,5-6,9,16-17H,1H2,(H2,19,20,21)(H3,11,13,14,18);1-2,4,6-8,13-15H,3H2,(H2,10,11,16);1-2H,(H3,5,6,7,8)/t3-,5-,6-,9-;4-,6-,7-,8-;/m11./s1. The van der Waals surface area contributed by atoms with Gasteiger partial charge in [-0.15, -0.1) is 0 Å². The number of aromatic amines is 2. The lowest BCUT2D eigenvalue weighted by Crippen LogP contribution is -2.36. The molecule has 8 atom stereocenters. The van der Waals surface area contributed by atoms with Gasteiger partial charge in [0, 0.05) is 12.4 Å². The van der Waals surface area contributed by atoms with Crippen molar-refractivity contribution in [3.63, 3.8) is 0 Å². The van der Waals surface area contributed by atoms with E-state index >= 15 is 0 Å². The second-order valence-electron chi connectivity index (χ2n) is 10.2. The minimum Gasteiger partial charge on any atom is -0.394 e. The lowest BCUT2D eigenvalue weighted by molar-refractivity contribution is -0.0549. The number of aliphatic hydroxyl groups excluding tert-OH is 5. The Hall–Kier alpha value is -4.66. The highest BCUT2D eigenvalue weighted by Crippen LogP contribution is 2.38. The Bertz CT molecular complexity index is 1960. The van der Waals surface area contributed by atoms with Gasteiger partial charge in [-0.05, 0) is 12.1 Å². The Kier molecular flexibility index (Phi) is 11.6. The van der Waals surface area contributed by atoms with E-state index in [1.54, 1.807) is 0 Å². The molecule has 0 amide bonds. The quantitative estimate of drug-likeness (QED) is 0.0826. The topological polar surface area (TPSA) is 409 Å². The van der Waals surface area contributed by atoms with Crippen molar-refractivity contribution in [1.29, 1.82) is 0 Å². The van der Waals surface area contributed by atoms with E-state index < -0.39 is 87.1 Å². The number of nitrogens with two attached hydrogens (primary N) is 3. The number of H-pyrrole nitrogens is 2. The number of ether oxygens (including phenoxy) is 2. The predicted molar refractivity (Wildman–Crippen MR) is 162 cm³/mol. The van der Waals surface area contributed by atoms with Crippen molar-refractivity contribution >= 4 is 36.6 Å². The van der Waals surface area contributed by atoms with Gasteiger partial charge in [0.1, 0.15) is 48.3 Å². The zero-order valence-corrected chi connectivity index (χ0v) is 25.7. The smallest absolute Gasteiger partial charge is 0.394 e. The highest BCUT2D eigenvalue weighted by Gasteiger charge is 2.45. The summed E-state index contributed by atoms with van der Waals surface area (Å²) in [4.78, 5) is 70.0. The summed E-state index contributed by atoms with van der Waals surface area (Å²) in [7, 11) is -4.76. The van der Waals surface area contributed by atoms with Crippen LogP contribution in [0.5, 0.6) is 0 Å². The van der Waals surface area contributed by atoms with Crippen LogP contribution in [-0.4, -0.2) is 124 Å². The fraction of sp³-hybridized carbons (Fsp3) is 0.435. The summed E-state index contributed by atoms with van der Waals surface area (Å²) in [5, 5.41) is 48.2. The van der Waals surface area contributed by atoms with Gasteiger partial charge in [-0.1, -0.05) is 0 Å². The van der Waals surface area contributed by atoms with Gasteiger partial charge < -0.3 is 62.0 Å². The molecule has 26 heteroatoms. The van der Waals surface area contributed by atoms with Gasteiger partial charge in [-0.25, -0.2) is 24.1 Å². The number of aromatic nitrogens is 8. The largest absolute Gasteiger partial charge is 0.469 e. The summed E-state index contributed by atoms with van der Waals surface area (Å²) < 4.78 is 27.8. The van der Waals surface area contributed by atoms with Gasteiger partial charge in [0.05, 0.1) is 19.5 Å². The van der Waals surface area contributed by atoms with E-state index in [2.05, 4.69) is 34.4 Å². The third-order valence-electron chi connectivity index (χ3n) is 6.81. The van der Waals surface area contributed by atoms with Crippen molar-refractivity contribution in [1.82, 2.24) is 39.0 Å². The van der Waals surface area contributed by atoms with Crippen molar-refractivity contribution in [3.8, 4) is 0 Å². The molecular weight excluding hydrogens is 685 g/mol. The van der Waals surface area contributed by atoms with Crippen molar-refractivity contribution in [2.24, 2.45) is 0 Å². The number of fused-ring (bicyclic) bond motifs is 1. The molecule has 2 fully saturated rings. The van der Waals surface area contributed by atoms with Crippen LogP contribution in [0.4, 0.5) is 17.6 Å². The molecule has 0 saturated carbocycles. The van der Waals surface area contributed by atoms with Crippen LogP contribution in [0.25, 0.3) is 11.2 Å². The van der Waals surface area contributed by atoms with Gasteiger partial charge in [0.25, 0.3) is 5.56 Å². The second kappa shape index (κ2) is 15.3. The SMILES string of the molecule is Nc1ccn([C@@H]2O[C@H](CO)[C@@H](O)[C@H]2O)c(=O)n1.Nc1ccnc(=O)[nH]1.Nc1nc2c(ncn2[C@@H]2O[C@H](COP(=O)(O)O)[C@@H](O)[C@H]2O)c(=O)[nH]1. The fourth-order valence-corrected chi connectivity index (χ4v) is 4.85. The van der Waals surface area contributed by atoms with Gasteiger partial charge >= 0.3 is 19.2 Å². The van der Waals surface area contributed by atoms with Gasteiger partial charge in [-0.2, -0.15) is 9.97 Å². The Balaban J connectivity index is 0.000000187. The molecule has 268 valence electrons. The molecule has 49 heavy (non-hydrogen) atoms. The lowest BCUT2D eigenvalue weighted by Gasteiger charge is -2.16. The van der Waals surface area contributed by atoms with Crippen molar-refractivity contribution < 1.29 is 53.9 Å². The molecule has 0 spiro atoms. The Labute approximate surface area is 271 Å². The molecule has 6 heterocycles. The number of anilines is 3. The van der Waals surface area contributed by atoms with E-state index in [-0.39, 0.29) is 22.9 Å². The Morgan fingerprint density at radius 3 is 2.06 bits per heavy atom. The van der Waals surface area contributed by atoms with E-state index in [1.165, 1.54) is 35.4 Å². The summed E-state index contributed by atoms with van der Waals surface area (Å²) in [6.07, 6.45) is -6.13. The molecule has 0 bridgehead atoms. The number of nitrogen functional groups attached to an aromatic ring is 3. The zero-order valence-electron chi connectivity index (χ0n) is 24.8. The van der Waals surface area contributed by atoms with Crippen molar-refractivity contribution in [3.05, 3.63) is 62.2 Å². The summed E-state index contributed by atoms with van der Waals surface area (Å²) in [5.41, 5.74) is 14.2. The van der Waals surface area contributed by atoms with Crippen LogP contribution in [0.2, 0.25) is 0 Å². The van der Waals surface area contributed by atoms with Gasteiger partial charge in [0.2, 0.25) is 5.95 Å². The van der Waals surface area contributed by atoms with Crippen LogP contribution in [0.1, 0.15) is 12.5 Å². The molecule has 2 saturated heterocycles. The number of nitrogens with one attached hydrogen (secondary N) is 2. The number of rotatable bonds is 6. The minimum atomic E-state index is -4.76. The molecule has 0 radical (unpaired) electrons. The van der Waals surface area contributed by atoms with E-state index in [0.29, 0.717) is 5.82 Å². The van der Waals surface area contributed by atoms with Gasteiger partial charge in [-0.3, -0.25) is 28.4 Å². The molecule has 0 aliphatic carbocycles. The maximum atomic E-state index is 11.7. The van der Waals surface area contributed by atoms with Crippen LogP contribution in [-0.2, 0) is 18.6 Å². The maximum Gasteiger partial charge on any atom is 0.469 e. The molecule has 25 nitrogen and oxygen atoms in total. The highest BCUT2D eigenvalue weighted by atomic mass is 31.2. The number of phosphoric acid groups is 1. The third-order valence-corrected chi connectivity index (χ3v) is 7.29. The normalized spacial score (nSPS) is 26.5. The first-order chi connectivity index (χ1) is 23.0. The van der Waals surface area contributed by atoms with E-state index in [0.717, 1.165) is 4.57 Å². The number of nitrogens with zero attached hydrogens (tertiary/aromatic N) is 6. The molecule has 2 aliphatic heterocycles. The number of imidazole rings is 1. The predicted octanol–water partition coefficient (Wildman–Crippen LogP) is -5.78. The number of aliphatic hydroxyl groups is 5. The molecule has 0 unspecified atom stereocenters. The Morgan fingerprint density at radius 2 is 1.51 bits per heavy atom. The zero-order chi connectivity index (χ0) is 36.2. The average molecular weight is 718 g/mol. The summed E-state index contributed by atoms with van der Waals surface area (Å²) in [5.74, 6) is 0.215. The molecule has 4 aromatic rings. The van der Waals surface area contributed by atoms with Crippen molar-refractivity contribution in [2.45, 2.75) is 49.1 Å². The second-order valence-corrected chi connectivity index (χ2v) is 11.4. The van der Waals surface area contributed by atoms with E-state index in [1.807, 2.05) is 0 Å². The van der Waals surface area contributed by atoms with Crippen LogP contribution in [0.3, 0.4) is 0 Å². The van der Waals surface area contributed by atoms with E-state index in [4.69, 9.17) is 41.6 Å². The summed E-state index contributed by atoms with van der Waals surface area (Å²) in [6.45, 7) is -1.10. The molecular formula is C23H32N11O14P. The first kappa shape index (κ1) is 37.2. The van der Waals surface area contributed by atoms with Gasteiger partial charge in [0.15, 0.2) is 23.6 Å². The maximum absolute atomic E-state index is 11.7. The average Bonchev–Trinajstić information content (AvgIpc) is 3.66. The number of hydrogen-bond acceptors (Lipinski definition) is 19. The molecule has 0 aromatic carbocycles. The number of hydrogen-bond donors (Lipinski definition) is 12. The first-order valence-corrected chi connectivity index (χ1v) is 15.3. The van der Waals surface area contributed by atoms with Crippen molar-refractivity contribution in [2.75, 3.05) is 30.4 Å². The van der Waals surface area contributed by atoms with E-state index in [9.17, 15) is 39.4 Å². The fourth-order valence-electron chi connectivity index (χ4n) is 4.51. The molecule has 4 aromatic heterocycles. The summed E-state index contributed by atoms with van der Waals surface area (Å²) >= 11 is 0. The molecule has 15 N–H and O–H groups in total. The van der Waals surface area contributed by atoms with Crippen LogP contribution in [0, 0.1) is 0 Å². The summed E-state index contributed by atoms with van der Waals surface area (Å²) in [6, 6.07) is 2.89. The monoisotopic (exact) mass is 717 g/mol. The highest BCUT2D eigenvalue weighted by molar-refractivity contribution is 7.46. The molecule has 6 rings (SSSR count). The molecule has 2 aliphatic rings. The van der Waals surface area contributed by atoms with Crippen LogP contribution in [0.15, 0.2) is 45.2 Å². The number of phosphoric ester groups is 1.